The lowest BCUT2D eigenvalue weighted by Crippen LogP contribution is -2.14. The van der Waals surface area contributed by atoms with Crippen LogP contribution in [0.5, 0.6) is 0 Å². The van der Waals surface area contributed by atoms with E-state index in [-0.39, 0.29) is 5.91 Å². The summed E-state index contributed by atoms with van der Waals surface area (Å²) in [5, 5.41) is 2.37. The zero-order valence-electron chi connectivity index (χ0n) is 8.68. The molecule has 75 valence electrons. The second kappa shape index (κ2) is 7.84. The number of hydrogen-bond acceptors (Lipinski definition) is 1. The van der Waals surface area contributed by atoms with Crippen LogP contribution in [0.4, 0.5) is 0 Å². The molecule has 0 aromatic rings. The Morgan fingerprint density at radius 2 is 2.15 bits per heavy atom. The molecule has 1 radical (unpaired) electrons. The average molecular weight is 182 g/mol. The fourth-order valence-electron chi connectivity index (χ4n) is 1.00. The lowest BCUT2D eigenvalue weighted by atomic mass is 10.1. The molecule has 1 amide bonds. The fourth-order valence-corrected chi connectivity index (χ4v) is 1.00. The summed E-state index contributed by atoms with van der Waals surface area (Å²) in [4.78, 5) is 10.8. The maximum Gasteiger partial charge on any atom is 0.220 e. The lowest BCUT2D eigenvalue weighted by Gasteiger charge is -1.98. The molecule has 2 heteroatoms. The molecule has 0 unspecified atom stereocenters. The summed E-state index contributed by atoms with van der Waals surface area (Å²) in [5.41, 5.74) is 0. The summed E-state index contributed by atoms with van der Waals surface area (Å²) in [6.45, 7) is 4.32. The van der Waals surface area contributed by atoms with Gasteiger partial charge in [0, 0.05) is 13.5 Å². The first-order chi connectivity index (χ1) is 6.16. The van der Waals surface area contributed by atoms with E-state index in [1.165, 1.54) is 0 Å². The zero-order chi connectivity index (χ0) is 10.1. The van der Waals surface area contributed by atoms with Gasteiger partial charge < -0.3 is 5.32 Å². The Morgan fingerprint density at radius 1 is 1.46 bits per heavy atom. The van der Waals surface area contributed by atoms with E-state index in [1.807, 2.05) is 0 Å². The molecule has 0 saturated carbocycles. The number of amides is 1. The number of rotatable bonds is 6. The molecule has 0 aromatic carbocycles. The van der Waals surface area contributed by atoms with Crippen molar-refractivity contribution < 1.29 is 4.79 Å². The quantitative estimate of drug-likeness (QED) is 0.496. The van der Waals surface area contributed by atoms with Gasteiger partial charge in [0.25, 0.3) is 0 Å². The maximum atomic E-state index is 10.8. The number of hydrogen-bond donors (Lipinski definition) is 1. The van der Waals surface area contributed by atoms with Crippen LogP contribution in [-0.4, -0.2) is 5.91 Å². The summed E-state index contributed by atoms with van der Waals surface area (Å²) >= 11 is 0. The Kier molecular flexibility index (Phi) is 7.36. The Hall–Kier alpha value is -0.790. The van der Waals surface area contributed by atoms with Crippen molar-refractivity contribution in [2.45, 2.75) is 39.5 Å². The van der Waals surface area contributed by atoms with Crippen LogP contribution >= 0.6 is 0 Å². The van der Waals surface area contributed by atoms with Crippen LogP contribution in [0.15, 0.2) is 12.2 Å². The van der Waals surface area contributed by atoms with Crippen molar-refractivity contribution >= 4 is 5.91 Å². The zero-order valence-corrected chi connectivity index (χ0v) is 8.68. The molecule has 1 N–H and O–H groups in total. The highest BCUT2D eigenvalue weighted by atomic mass is 16.1. The van der Waals surface area contributed by atoms with Crippen molar-refractivity contribution in [3.8, 4) is 0 Å². The molecule has 0 fully saturated rings. The third kappa shape index (κ3) is 9.12. The minimum absolute atomic E-state index is 0.0350. The van der Waals surface area contributed by atoms with E-state index in [0.717, 1.165) is 19.3 Å². The number of carbonyl (C=O) groups is 1. The Morgan fingerprint density at radius 3 is 2.69 bits per heavy atom. The van der Waals surface area contributed by atoms with Crippen molar-refractivity contribution in [2.24, 2.45) is 5.92 Å². The smallest absolute Gasteiger partial charge is 0.220 e. The molecule has 0 spiro atoms. The molecule has 0 aliphatic carbocycles. The second-order valence-electron chi connectivity index (χ2n) is 3.52. The highest BCUT2D eigenvalue weighted by Gasteiger charge is 1.95. The number of nitrogens with one attached hydrogen (secondary N) is 1. The van der Waals surface area contributed by atoms with Gasteiger partial charge in [-0.05, 0) is 25.2 Å². The van der Waals surface area contributed by atoms with Crippen LogP contribution in [0.3, 0.4) is 0 Å². The molecule has 0 rings (SSSR count). The average Bonchev–Trinajstić information content (AvgIpc) is 2.10. The van der Waals surface area contributed by atoms with Gasteiger partial charge in [0.1, 0.15) is 0 Å². The van der Waals surface area contributed by atoms with E-state index < -0.39 is 0 Å². The van der Waals surface area contributed by atoms with Crippen LogP contribution in [0.1, 0.15) is 39.5 Å². The van der Waals surface area contributed by atoms with E-state index in [1.54, 1.807) is 0 Å². The minimum Gasteiger partial charge on any atom is -0.354 e. The summed E-state index contributed by atoms with van der Waals surface area (Å²) < 4.78 is 0. The fraction of sp³-hybridized carbons (Fsp3) is 0.636. The number of unbranched alkanes of at least 4 members (excludes halogenated alkanes) is 2. The molecular formula is C11H20NO. The van der Waals surface area contributed by atoms with Crippen molar-refractivity contribution in [1.82, 2.24) is 5.32 Å². The van der Waals surface area contributed by atoms with Gasteiger partial charge in [0.2, 0.25) is 5.91 Å². The third-order valence-electron chi connectivity index (χ3n) is 1.74. The molecule has 0 atom stereocenters. The summed E-state index contributed by atoms with van der Waals surface area (Å²) in [7, 11) is 3.31. The van der Waals surface area contributed by atoms with Gasteiger partial charge in [-0.3, -0.25) is 4.79 Å². The van der Waals surface area contributed by atoms with Gasteiger partial charge in [-0.2, -0.15) is 0 Å². The summed E-state index contributed by atoms with van der Waals surface area (Å²) in [5.74, 6) is 0.663. The van der Waals surface area contributed by atoms with Crippen molar-refractivity contribution in [2.75, 3.05) is 0 Å². The molecule has 13 heavy (non-hydrogen) atoms. The molecule has 0 saturated heterocycles. The van der Waals surface area contributed by atoms with Crippen LogP contribution in [0, 0.1) is 13.0 Å². The molecule has 0 heterocycles. The Balaban J connectivity index is 3.22. The maximum absolute atomic E-state index is 10.8. The first-order valence-corrected chi connectivity index (χ1v) is 4.89. The molecule has 2 nitrogen and oxygen atoms in total. The number of carbonyl (C=O) groups excluding carboxylic acids is 1. The predicted molar refractivity (Wildman–Crippen MR) is 55.9 cm³/mol. The first-order valence-electron chi connectivity index (χ1n) is 4.89. The van der Waals surface area contributed by atoms with Gasteiger partial charge in [-0.15, -0.1) is 0 Å². The van der Waals surface area contributed by atoms with E-state index >= 15 is 0 Å². The highest BCUT2D eigenvalue weighted by Crippen LogP contribution is 2.02. The monoisotopic (exact) mass is 182 g/mol. The van der Waals surface area contributed by atoms with E-state index in [0.29, 0.717) is 12.3 Å². The minimum atomic E-state index is 0.0350. The van der Waals surface area contributed by atoms with Crippen LogP contribution in [0.25, 0.3) is 0 Å². The normalized spacial score (nSPS) is 11.1. The van der Waals surface area contributed by atoms with Crippen LogP contribution in [0.2, 0.25) is 0 Å². The highest BCUT2D eigenvalue weighted by molar-refractivity contribution is 5.75. The van der Waals surface area contributed by atoms with Crippen LogP contribution in [-0.2, 0) is 4.79 Å². The van der Waals surface area contributed by atoms with E-state index in [2.05, 4.69) is 38.4 Å². The third-order valence-corrected chi connectivity index (χ3v) is 1.74. The molecule has 0 aliphatic rings. The molecule has 0 bridgehead atoms. The molecule has 0 aromatic heterocycles. The second-order valence-corrected chi connectivity index (χ2v) is 3.52. The Bertz CT molecular complexity index is 161. The lowest BCUT2D eigenvalue weighted by molar-refractivity contribution is -0.120. The van der Waals surface area contributed by atoms with Crippen molar-refractivity contribution in [1.29, 1.82) is 0 Å². The topological polar surface area (TPSA) is 29.1 Å². The largest absolute Gasteiger partial charge is 0.354 e. The standard InChI is InChI=1S/C11H20NO/c1-10(2)8-6-4-5-7-9-11(13)12-3/h6,8,10H,3-5,7,9H2,1-2H3,(H,12,13). The number of allylic oxidation sites excluding steroid dienone is 2. The van der Waals surface area contributed by atoms with Gasteiger partial charge in [-0.25, -0.2) is 0 Å². The van der Waals surface area contributed by atoms with Crippen LogP contribution < -0.4 is 5.32 Å². The first kappa shape index (κ1) is 12.2. The van der Waals surface area contributed by atoms with E-state index in [4.69, 9.17) is 0 Å². The van der Waals surface area contributed by atoms with Gasteiger partial charge in [0.15, 0.2) is 0 Å². The van der Waals surface area contributed by atoms with E-state index in [9.17, 15) is 4.79 Å². The van der Waals surface area contributed by atoms with Gasteiger partial charge in [0.05, 0.1) is 0 Å². The van der Waals surface area contributed by atoms with Crippen molar-refractivity contribution in [3.05, 3.63) is 19.2 Å². The Labute approximate surface area is 81.4 Å². The van der Waals surface area contributed by atoms with Gasteiger partial charge >= 0.3 is 0 Å². The van der Waals surface area contributed by atoms with Gasteiger partial charge in [-0.1, -0.05) is 26.0 Å². The summed E-state index contributed by atoms with van der Waals surface area (Å²) in [6.07, 6.45) is 8.08. The van der Waals surface area contributed by atoms with Crippen molar-refractivity contribution in [3.63, 3.8) is 0 Å². The molecule has 0 aliphatic heterocycles. The summed E-state index contributed by atoms with van der Waals surface area (Å²) in [6, 6.07) is 0. The predicted octanol–water partition coefficient (Wildman–Crippen LogP) is 2.67. The SMILES string of the molecule is [CH2]NC(=O)CCCCC=CC(C)C. The molecular weight excluding hydrogens is 162 g/mol.